The van der Waals surface area contributed by atoms with Crippen LogP contribution in [-0.4, -0.2) is 13.0 Å². The van der Waals surface area contributed by atoms with Crippen molar-refractivity contribution in [3.8, 4) is 0 Å². The number of rotatable bonds is 2. The van der Waals surface area contributed by atoms with Gasteiger partial charge in [-0.2, -0.15) is 0 Å². The molecule has 1 aromatic heterocycles. The van der Waals surface area contributed by atoms with Crippen LogP contribution in [0.4, 0.5) is 5.69 Å². The molecule has 0 spiro atoms. The zero-order valence-corrected chi connectivity index (χ0v) is 8.25. The molecule has 0 aromatic carbocycles. The smallest absolute Gasteiger partial charge is 0.260 e. The van der Waals surface area contributed by atoms with Gasteiger partial charge in [0, 0.05) is 7.05 Å². The third-order valence-corrected chi connectivity index (χ3v) is 2.85. The van der Waals surface area contributed by atoms with Crippen molar-refractivity contribution in [1.29, 1.82) is 0 Å². The predicted octanol–water partition coefficient (Wildman–Crippen LogP) is 1.65. The van der Waals surface area contributed by atoms with Crippen LogP contribution >= 0.6 is 27.3 Å². The molecule has 0 saturated carbocycles. The summed E-state index contributed by atoms with van der Waals surface area (Å²) in [4.78, 5) is 11.3. The zero-order chi connectivity index (χ0) is 8.43. The number of nitrogens with two attached hydrogens (primary N) is 1. The van der Waals surface area contributed by atoms with Gasteiger partial charge >= 0.3 is 0 Å². The van der Waals surface area contributed by atoms with Gasteiger partial charge in [0.1, 0.15) is 4.88 Å². The van der Waals surface area contributed by atoms with Crippen molar-refractivity contribution < 1.29 is 4.79 Å². The number of hydrogen-bond acceptors (Lipinski definition) is 3. The fourth-order valence-electron chi connectivity index (χ4n) is 0.730. The molecule has 0 atom stereocenters. The number of carbonyl (C=O) groups is 1. The molecule has 0 aliphatic rings. The maximum atomic E-state index is 10.8. The second-order valence-electron chi connectivity index (χ2n) is 1.91. The number of nitrogens with one attached hydrogen (secondary N) is 1. The first-order chi connectivity index (χ1) is 5.15. The Hall–Kier alpha value is -0.550. The van der Waals surface area contributed by atoms with Gasteiger partial charge in [-0.05, 0) is 22.0 Å². The van der Waals surface area contributed by atoms with Crippen LogP contribution in [0.25, 0.3) is 0 Å². The van der Waals surface area contributed by atoms with E-state index in [0.717, 1.165) is 9.47 Å². The van der Waals surface area contributed by atoms with E-state index in [2.05, 4.69) is 21.2 Å². The van der Waals surface area contributed by atoms with Crippen LogP contribution in [0.5, 0.6) is 0 Å². The molecule has 5 heteroatoms. The van der Waals surface area contributed by atoms with E-state index in [1.54, 1.807) is 7.05 Å². The van der Waals surface area contributed by atoms with Crippen LogP contribution in [0, 0.1) is 0 Å². The summed E-state index contributed by atoms with van der Waals surface area (Å²) < 4.78 is 0.899. The van der Waals surface area contributed by atoms with Crippen LogP contribution in [-0.2, 0) is 0 Å². The minimum atomic E-state index is -0.398. The van der Waals surface area contributed by atoms with Gasteiger partial charge < -0.3 is 11.1 Å². The Balaban J connectivity index is 3.12. The SMILES string of the molecule is CNc1cc(Br)sc1C(N)=O. The van der Waals surface area contributed by atoms with Crippen LogP contribution in [0.2, 0.25) is 0 Å². The topological polar surface area (TPSA) is 55.1 Å². The Kier molecular flexibility index (Phi) is 2.51. The highest BCUT2D eigenvalue weighted by molar-refractivity contribution is 9.11. The van der Waals surface area contributed by atoms with E-state index in [9.17, 15) is 4.79 Å². The standard InChI is InChI=1S/C6H7BrN2OS/c1-9-3-2-4(7)11-5(3)6(8)10/h2,9H,1H3,(H2,8,10). The van der Waals surface area contributed by atoms with Crippen LogP contribution in [0.1, 0.15) is 9.67 Å². The molecule has 11 heavy (non-hydrogen) atoms. The number of carbonyl (C=O) groups excluding carboxylic acids is 1. The lowest BCUT2D eigenvalue weighted by Crippen LogP contribution is -2.10. The molecule has 1 rings (SSSR count). The minimum Gasteiger partial charge on any atom is -0.387 e. The molecule has 0 unspecified atom stereocenters. The summed E-state index contributed by atoms with van der Waals surface area (Å²) in [6.45, 7) is 0. The molecule has 1 aromatic rings. The summed E-state index contributed by atoms with van der Waals surface area (Å²) in [7, 11) is 1.75. The van der Waals surface area contributed by atoms with Gasteiger partial charge in [0.15, 0.2) is 0 Å². The Bertz CT molecular complexity index is 284. The highest BCUT2D eigenvalue weighted by Crippen LogP contribution is 2.30. The number of amides is 1. The zero-order valence-electron chi connectivity index (χ0n) is 5.85. The molecular weight excluding hydrogens is 228 g/mol. The fraction of sp³-hybridized carbons (Fsp3) is 0.167. The molecule has 0 bridgehead atoms. The van der Waals surface area contributed by atoms with Crippen molar-refractivity contribution in [2.45, 2.75) is 0 Å². The number of halogens is 1. The van der Waals surface area contributed by atoms with Gasteiger partial charge in [-0.1, -0.05) is 0 Å². The van der Waals surface area contributed by atoms with Gasteiger partial charge in [0.05, 0.1) is 9.47 Å². The molecule has 0 radical (unpaired) electrons. The third-order valence-electron chi connectivity index (χ3n) is 1.20. The molecule has 3 N–H and O–H groups in total. The van der Waals surface area contributed by atoms with Gasteiger partial charge in [0.2, 0.25) is 0 Å². The summed E-state index contributed by atoms with van der Waals surface area (Å²) >= 11 is 4.59. The average Bonchev–Trinajstić information content (AvgIpc) is 2.30. The van der Waals surface area contributed by atoms with Gasteiger partial charge in [-0.25, -0.2) is 0 Å². The number of primary amides is 1. The van der Waals surface area contributed by atoms with Crippen LogP contribution < -0.4 is 11.1 Å². The molecule has 3 nitrogen and oxygen atoms in total. The molecule has 0 saturated heterocycles. The summed E-state index contributed by atoms with van der Waals surface area (Å²) in [5.41, 5.74) is 5.89. The Morgan fingerprint density at radius 1 is 1.82 bits per heavy atom. The first-order valence-electron chi connectivity index (χ1n) is 2.92. The van der Waals surface area contributed by atoms with Crippen molar-refractivity contribution in [2.75, 3.05) is 12.4 Å². The summed E-state index contributed by atoms with van der Waals surface area (Å²) in [6, 6.07) is 1.82. The number of thiophene rings is 1. The van der Waals surface area contributed by atoms with Gasteiger partial charge in [-0.3, -0.25) is 4.79 Å². The monoisotopic (exact) mass is 234 g/mol. The summed E-state index contributed by atoms with van der Waals surface area (Å²) in [5, 5.41) is 2.88. The Labute approximate surface area is 76.7 Å². The van der Waals surface area contributed by atoms with E-state index in [0.29, 0.717) is 4.88 Å². The highest BCUT2D eigenvalue weighted by atomic mass is 79.9. The lowest BCUT2D eigenvalue weighted by molar-refractivity contribution is 0.100. The van der Waals surface area contributed by atoms with E-state index in [4.69, 9.17) is 5.73 Å². The van der Waals surface area contributed by atoms with Crippen molar-refractivity contribution in [2.24, 2.45) is 5.73 Å². The molecule has 0 aliphatic heterocycles. The van der Waals surface area contributed by atoms with Gasteiger partial charge in [-0.15, -0.1) is 11.3 Å². The third kappa shape index (κ3) is 1.72. The first-order valence-corrected chi connectivity index (χ1v) is 4.53. The molecule has 0 aliphatic carbocycles. The predicted molar refractivity (Wildman–Crippen MR) is 50.1 cm³/mol. The maximum absolute atomic E-state index is 10.8. The number of hydrogen-bond donors (Lipinski definition) is 2. The van der Waals surface area contributed by atoms with Crippen molar-refractivity contribution >= 4 is 38.9 Å². The van der Waals surface area contributed by atoms with E-state index in [-0.39, 0.29) is 0 Å². The highest BCUT2D eigenvalue weighted by Gasteiger charge is 2.10. The van der Waals surface area contributed by atoms with Crippen molar-refractivity contribution in [3.63, 3.8) is 0 Å². The first kappa shape index (κ1) is 8.55. The Morgan fingerprint density at radius 3 is 2.82 bits per heavy atom. The van der Waals surface area contributed by atoms with E-state index in [1.807, 2.05) is 6.07 Å². The van der Waals surface area contributed by atoms with E-state index < -0.39 is 5.91 Å². The van der Waals surface area contributed by atoms with E-state index in [1.165, 1.54) is 11.3 Å². The van der Waals surface area contributed by atoms with Gasteiger partial charge in [0.25, 0.3) is 5.91 Å². The minimum absolute atomic E-state index is 0.398. The summed E-state index contributed by atoms with van der Waals surface area (Å²) in [6.07, 6.45) is 0. The van der Waals surface area contributed by atoms with Crippen LogP contribution in [0.15, 0.2) is 9.85 Å². The maximum Gasteiger partial charge on any atom is 0.260 e. The summed E-state index contributed by atoms with van der Waals surface area (Å²) in [5.74, 6) is -0.398. The number of anilines is 1. The molecular formula is C6H7BrN2OS. The molecule has 0 fully saturated rings. The lowest BCUT2D eigenvalue weighted by atomic mass is 10.4. The van der Waals surface area contributed by atoms with Crippen LogP contribution in [0.3, 0.4) is 0 Å². The quantitative estimate of drug-likeness (QED) is 0.818. The van der Waals surface area contributed by atoms with Crippen molar-refractivity contribution in [1.82, 2.24) is 0 Å². The lowest BCUT2D eigenvalue weighted by Gasteiger charge is -1.95. The average molecular weight is 235 g/mol. The molecule has 60 valence electrons. The Morgan fingerprint density at radius 2 is 2.45 bits per heavy atom. The second kappa shape index (κ2) is 3.23. The fourth-order valence-corrected chi connectivity index (χ4v) is 2.19. The van der Waals surface area contributed by atoms with Crippen molar-refractivity contribution in [3.05, 3.63) is 14.7 Å². The van der Waals surface area contributed by atoms with E-state index >= 15 is 0 Å². The molecule has 1 heterocycles. The second-order valence-corrected chi connectivity index (χ2v) is 4.34. The molecule has 1 amide bonds. The largest absolute Gasteiger partial charge is 0.387 e. The normalized spacial score (nSPS) is 9.64.